The highest BCUT2D eigenvalue weighted by molar-refractivity contribution is 5.83. The van der Waals surface area contributed by atoms with E-state index in [4.69, 9.17) is 4.98 Å². The first-order valence-corrected chi connectivity index (χ1v) is 11.4. The van der Waals surface area contributed by atoms with E-state index < -0.39 is 0 Å². The smallest absolute Gasteiger partial charge is 0.220 e. The van der Waals surface area contributed by atoms with E-state index in [1.807, 2.05) is 30.3 Å². The average Bonchev–Trinajstić information content (AvgIpc) is 3.22. The Balaban J connectivity index is 1.24. The van der Waals surface area contributed by atoms with Crippen molar-refractivity contribution in [3.05, 3.63) is 59.3 Å². The van der Waals surface area contributed by atoms with Crippen LogP contribution in [0.2, 0.25) is 0 Å². The zero-order valence-electron chi connectivity index (χ0n) is 18.3. The monoisotopic (exact) mass is 420 g/mol. The van der Waals surface area contributed by atoms with Gasteiger partial charge in [0.05, 0.1) is 6.04 Å². The molecule has 2 N–H and O–H groups in total. The van der Waals surface area contributed by atoms with E-state index in [2.05, 4.69) is 27.7 Å². The minimum absolute atomic E-state index is 0.0852. The number of ketones is 1. The lowest BCUT2D eigenvalue weighted by molar-refractivity contribution is -0.122. The third-order valence-electron chi connectivity index (χ3n) is 6.24. The summed E-state index contributed by atoms with van der Waals surface area (Å²) in [4.78, 5) is 31.7. The number of fused-ring (bicyclic) bond motifs is 1. The van der Waals surface area contributed by atoms with E-state index in [0.29, 0.717) is 13.0 Å². The predicted octanol–water partition coefficient (Wildman–Crippen LogP) is 3.28. The maximum absolute atomic E-state index is 12.5. The summed E-state index contributed by atoms with van der Waals surface area (Å²) in [5, 5.41) is 6.53. The molecule has 2 aliphatic rings. The molecule has 0 radical (unpaired) electrons. The maximum atomic E-state index is 12.5. The molecule has 31 heavy (non-hydrogen) atoms. The van der Waals surface area contributed by atoms with Crippen LogP contribution in [-0.2, 0) is 22.4 Å². The molecule has 1 aromatic carbocycles. The highest BCUT2D eigenvalue weighted by atomic mass is 16.1. The van der Waals surface area contributed by atoms with E-state index in [9.17, 15) is 9.59 Å². The molecule has 1 amide bonds. The van der Waals surface area contributed by atoms with Gasteiger partial charge in [-0.2, -0.15) is 0 Å². The van der Waals surface area contributed by atoms with E-state index in [-0.39, 0.29) is 23.8 Å². The van der Waals surface area contributed by atoms with Crippen LogP contribution < -0.4 is 10.6 Å². The van der Waals surface area contributed by atoms with Crippen molar-refractivity contribution in [2.75, 3.05) is 25.0 Å². The number of carbonyl (C=O) groups is 2. The lowest BCUT2D eigenvalue weighted by Gasteiger charge is -2.26. The fourth-order valence-corrected chi connectivity index (χ4v) is 4.72. The molecule has 0 spiro atoms. The first-order chi connectivity index (χ1) is 15.1. The number of aromatic nitrogens is 1. The number of hydrogen-bond donors (Lipinski definition) is 2. The van der Waals surface area contributed by atoms with Gasteiger partial charge in [-0.25, -0.2) is 4.98 Å². The second-order valence-electron chi connectivity index (χ2n) is 8.67. The number of nitrogens with one attached hydrogen (secondary N) is 2. The van der Waals surface area contributed by atoms with Gasteiger partial charge >= 0.3 is 0 Å². The number of rotatable bonds is 8. The van der Waals surface area contributed by atoms with Crippen LogP contribution in [0.15, 0.2) is 42.5 Å². The Bertz CT molecular complexity index is 915. The molecule has 1 saturated heterocycles. The van der Waals surface area contributed by atoms with E-state index >= 15 is 0 Å². The van der Waals surface area contributed by atoms with Crippen LogP contribution in [0.4, 0.5) is 5.82 Å². The number of aryl methyl sites for hydroxylation is 2. The summed E-state index contributed by atoms with van der Waals surface area (Å²) in [7, 11) is 0. The summed E-state index contributed by atoms with van der Waals surface area (Å²) in [5.41, 5.74) is 3.35. The third kappa shape index (κ3) is 5.50. The topological polar surface area (TPSA) is 74.3 Å². The molecule has 164 valence electrons. The Hall–Kier alpha value is -2.73. The van der Waals surface area contributed by atoms with Crippen LogP contribution in [0, 0.1) is 0 Å². The zero-order valence-corrected chi connectivity index (χ0v) is 18.3. The van der Waals surface area contributed by atoms with Crippen LogP contribution in [0.3, 0.4) is 0 Å². The summed E-state index contributed by atoms with van der Waals surface area (Å²) in [6.45, 7) is 4.16. The summed E-state index contributed by atoms with van der Waals surface area (Å²) < 4.78 is 0. The largest absolute Gasteiger partial charge is 0.370 e. The van der Waals surface area contributed by atoms with Crippen LogP contribution in [0.1, 0.15) is 55.5 Å². The molecule has 0 aliphatic carbocycles. The molecular formula is C25H32N4O2. The van der Waals surface area contributed by atoms with E-state index in [1.54, 1.807) is 6.92 Å². The molecule has 2 aromatic rings. The van der Waals surface area contributed by atoms with Gasteiger partial charge in [0, 0.05) is 37.8 Å². The second-order valence-corrected chi connectivity index (χ2v) is 8.67. The molecule has 0 saturated carbocycles. The summed E-state index contributed by atoms with van der Waals surface area (Å²) in [6.07, 6.45) is 5.21. The number of anilines is 1. The second kappa shape index (κ2) is 10.1. The first kappa shape index (κ1) is 21.5. The molecule has 0 bridgehead atoms. The lowest BCUT2D eigenvalue weighted by Crippen LogP contribution is -2.38. The maximum Gasteiger partial charge on any atom is 0.220 e. The minimum Gasteiger partial charge on any atom is -0.370 e. The molecule has 0 unspecified atom stereocenters. The Morgan fingerprint density at radius 2 is 2.06 bits per heavy atom. The Morgan fingerprint density at radius 3 is 2.87 bits per heavy atom. The van der Waals surface area contributed by atoms with Crippen LogP contribution in [-0.4, -0.2) is 47.3 Å². The van der Waals surface area contributed by atoms with E-state index in [0.717, 1.165) is 62.3 Å². The van der Waals surface area contributed by atoms with Gasteiger partial charge in [0.25, 0.3) is 0 Å². The molecule has 1 fully saturated rings. The standard InChI is InChI=1S/C25H32N4O2/c1-18(30)24(19-7-3-2-4-8-19)29-16-14-22(17-29)27-23(31)11-5-10-21-13-12-20-9-6-15-26-25(20)28-21/h2-4,7-8,12-13,22,24H,5-6,9-11,14-17H2,1H3,(H,26,28)(H,27,31)/t22-,24+/m1/s1. The number of likely N-dealkylation sites (tertiary alicyclic amines) is 1. The van der Waals surface area contributed by atoms with Crippen molar-refractivity contribution in [2.45, 2.75) is 57.5 Å². The SMILES string of the molecule is CC(=O)[C@@H](c1ccccc1)N1CC[C@@H](NC(=O)CCCc2ccc3c(n2)NCCC3)C1. The van der Waals surface area contributed by atoms with Gasteiger partial charge in [-0.05, 0) is 56.2 Å². The van der Waals surface area contributed by atoms with Crippen molar-refractivity contribution in [2.24, 2.45) is 0 Å². The molecule has 6 nitrogen and oxygen atoms in total. The number of carbonyl (C=O) groups excluding carboxylic acids is 2. The molecule has 1 aromatic heterocycles. The first-order valence-electron chi connectivity index (χ1n) is 11.4. The van der Waals surface area contributed by atoms with Gasteiger partial charge in [-0.3, -0.25) is 14.5 Å². The summed E-state index contributed by atoms with van der Waals surface area (Å²) >= 11 is 0. The Morgan fingerprint density at radius 1 is 1.23 bits per heavy atom. The van der Waals surface area contributed by atoms with Crippen molar-refractivity contribution in [1.82, 2.24) is 15.2 Å². The highest BCUT2D eigenvalue weighted by Gasteiger charge is 2.32. The quantitative estimate of drug-likeness (QED) is 0.686. The fraction of sp³-hybridized carbons (Fsp3) is 0.480. The van der Waals surface area contributed by atoms with Crippen molar-refractivity contribution in [1.29, 1.82) is 0 Å². The van der Waals surface area contributed by atoms with Crippen molar-refractivity contribution < 1.29 is 9.59 Å². The summed E-state index contributed by atoms with van der Waals surface area (Å²) in [6, 6.07) is 14.0. The zero-order chi connectivity index (χ0) is 21.6. The van der Waals surface area contributed by atoms with Gasteiger partial charge < -0.3 is 10.6 Å². The molecule has 3 heterocycles. The predicted molar refractivity (Wildman–Crippen MR) is 122 cm³/mol. The van der Waals surface area contributed by atoms with Gasteiger partial charge in [-0.15, -0.1) is 0 Å². The van der Waals surface area contributed by atoms with Crippen LogP contribution in [0.25, 0.3) is 0 Å². The van der Waals surface area contributed by atoms with Gasteiger partial charge in [0.1, 0.15) is 5.82 Å². The van der Waals surface area contributed by atoms with Gasteiger partial charge in [0.2, 0.25) is 5.91 Å². The van der Waals surface area contributed by atoms with Gasteiger partial charge in [-0.1, -0.05) is 36.4 Å². The lowest BCUT2D eigenvalue weighted by atomic mass is 10.0. The van der Waals surface area contributed by atoms with Gasteiger partial charge in [0.15, 0.2) is 5.78 Å². The Kier molecular flexibility index (Phi) is 6.97. The molecular weight excluding hydrogens is 388 g/mol. The number of hydrogen-bond acceptors (Lipinski definition) is 5. The number of Topliss-reactive ketones (excluding diaryl/α,β-unsaturated/α-hetero) is 1. The highest BCUT2D eigenvalue weighted by Crippen LogP contribution is 2.26. The Labute approximate surface area is 184 Å². The number of nitrogens with zero attached hydrogens (tertiary/aromatic N) is 2. The van der Waals surface area contributed by atoms with Crippen molar-refractivity contribution in [3.8, 4) is 0 Å². The fourth-order valence-electron chi connectivity index (χ4n) is 4.72. The molecule has 4 rings (SSSR count). The molecule has 2 atom stereocenters. The van der Waals surface area contributed by atoms with Crippen molar-refractivity contribution in [3.63, 3.8) is 0 Å². The third-order valence-corrected chi connectivity index (χ3v) is 6.24. The molecule has 2 aliphatic heterocycles. The van der Waals surface area contributed by atoms with Crippen LogP contribution in [0.5, 0.6) is 0 Å². The van der Waals surface area contributed by atoms with Crippen LogP contribution >= 0.6 is 0 Å². The molecule has 6 heteroatoms. The number of benzene rings is 1. The number of amides is 1. The summed E-state index contributed by atoms with van der Waals surface area (Å²) in [5.74, 6) is 1.24. The number of pyridine rings is 1. The minimum atomic E-state index is -0.230. The van der Waals surface area contributed by atoms with E-state index in [1.165, 1.54) is 5.56 Å². The average molecular weight is 421 g/mol. The van der Waals surface area contributed by atoms with Crippen molar-refractivity contribution >= 4 is 17.5 Å². The normalized spacial score (nSPS) is 19.3.